The third-order valence-corrected chi connectivity index (χ3v) is 4.59. The second-order valence-electron chi connectivity index (χ2n) is 6.05. The van der Waals surface area contributed by atoms with Gasteiger partial charge in [-0.05, 0) is 36.8 Å². The van der Waals surface area contributed by atoms with E-state index in [2.05, 4.69) is 13.8 Å². The molecule has 0 aliphatic carbocycles. The molecule has 0 fully saturated rings. The summed E-state index contributed by atoms with van der Waals surface area (Å²) in [5.74, 6) is 0.873. The van der Waals surface area contributed by atoms with Gasteiger partial charge in [-0.3, -0.25) is 4.79 Å². The first-order valence-corrected chi connectivity index (χ1v) is 9.06. The third-order valence-electron chi connectivity index (χ3n) is 3.51. The number of benzene rings is 2. The molecule has 0 aromatic heterocycles. The number of hydrogen-bond donors (Lipinski definition) is 0. The van der Waals surface area contributed by atoms with E-state index in [1.54, 1.807) is 16.7 Å². The Morgan fingerprint density at radius 2 is 1.92 bits per heavy atom. The van der Waals surface area contributed by atoms with Crippen LogP contribution in [0.25, 0.3) is 0 Å². The molecular weight excluding hydrogens is 318 g/mol. The normalized spacial score (nSPS) is 10.7. The molecule has 0 atom stereocenters. The van der Waals surface area contributed by atoms with Crippen LogP contribution in [-0.2, 0) is 0 Å². The average Bonchev–Trinajstić information content (AvgIpc) is 2.54. The fraction of sp³-hybridized carbons (Fsp3) is 0.350. The van der Waals surface area contributed by atoms with Crippen LogP contribution in [0.3, 0.4) is 0 Å². The molecule has 0 spiro atoms. The van der Waals surface area contributed by atoms with E-state index in [4.69, 9.17) is 4.74 Å². The third kappa shape index (κ3) is 5.31. The van der Waals surface area contributed by atoms with E-state index in [-0.39, 0.29) is 5.91 Å². The van der Waals surface area contributed by atoms with E-state index in [1.165, 1.54) is 0 Å². The SMILES string of the molecule is Cc1cccc(OCCN(C)C(=O)c2ccccc2SC(C)C)c1. The van der Waals surface area contributed by atoms with E-state index in [9.17, 15) is 4.79 Å². The van der Waals surface area contributed by atoms with Crippen molar-refractivity contribution in [2.75, 3.05) is 20.2 Å². The molecule has 0 heterocycles. The lowest BCUT2D eigenvalue weighted by Crippen LogP contribution is -2.31. The van der Waals surface area contributed by atoms with Gasteiger partial charge in [0.2, 0.25) is 0 Å². The van der Waals surface area contributed by atoms with Gasteiger partial charge in [0.15, 0.2) is 0 Å². The zero-order valence-electron chi connectivity index (χ0n) is 14.8. The maximum atomic E-state index is 12.7. The van der Waals surface area contributed by atoms with Gasteiger partial charge in [-0.1, -0.05) is 38.1 Å². The average molecular weight is 343 g/mol. The Labute approximate surface area is 149 Å². The van der Waals surface area contributed by atoms with Gasteiger partial charge in [-0.15, -0.1) is 11.8 Å². The summed E-state index contributed by atoms with van der Waals surface area (Å²) < 4.78 is 5.74. The number of nitrogens with zero attached hydrogens (tertiary/aromatic N) is 1. The molecule has 24 heavy (non-hydrogen) atoms. The fourth-order valence-corrected chi connectivity index (χ4v) is 3.26. The molecule has 0 aliphatic rings. The van der Waals surface area contributed by atoms with E-state index in [1.807, 2.05) is 62.5 Å². The van der Waals surface area contributed by atoms with E-state index in [0.29, 0.717) is 18.4 Å². The van der Waals surface area contributed by atoms with Crippen molar-refractivity contribution in [3.63, 3.8) is 0 Å². The molecule has 0 radical (unpaired) electrons. The van der Waals surface area contributed by atoms with Crippen LogP contribution >= 0.6 is 11.8 Å². The summed E-state index contributed by atoms with van der Waals surface area (Å²) >= 11 is 1.71. The Bertz CT molecular complexity index is 685. The van der Waals surface area contributed by atoms with Crippen molar-refractivity contribution in [3.8, 4) is 5.75 Å². The van der Waals surface area contributed by atoms with Crippen LogP contribution in [0, 0.1) is 6.92 Å². The number of ether oxygens (including phenoxy) is 1. The largest absolute Gasteiger partial charge is 0.492 e. The van der Waals surface area contributed by atoms with Gasteiger partial charge in [0.25, 0.3) is 5.91 Å². The van der Waals surface area contributed by atoms with Gasteiger partial charge in [-0.2, -0.15) is 0 Å². The molecule has 1 amide bonds. The van der Waals surface area contributed by atoms with Crippen molar-refractivity contribution < 1.29 is 9.53 Å². The van der Waals surface area contributed by atoms with Crippen molar-refractivity contribution in [2.24, 2.45) is 0 Å². The number of rotatable bonds is 7. The van der Waals surface area contributed by atoms with Crippen LogP contribution in [-0.4, -0.2) is 36.3 Å². The summed E-state index contributed by atoms with van der Waals surface area (Å²) in [6.07, 6.45) is 0. The molecule has 3 nitrogen and oxygen atoms in total. The highest BCUT2D eigenvalue weighted by Gasteiger charge is 2.16. The maximum Gasteiger partial charge on any atom is 0.254 e. The minimum atomic E-state index is 0.0339. The Kier molecular flexibility index (Phi) is 6.73. The Balaban J connectivity index is 1.95. The summed E-state index contributed by atoms with van der Waals surface area (Å²) in [4.78, 5) is 15.4. The van der Waals surface area contributed by atoms with Crippen molar-refractivity contribution in [3.05, 3.63) is 59.7 Å². The van der Waals surface area contributed by atoms with Crippen molar-refractivity contribution in [2.45, 2.75) is 30.9 Å². The summed E-state index contributed by atoms with van der Waals surface area (Å²) in [5, 5.41) is 0.439. The highest BCUT2D eigenvalue weighted by atomic mass is 32.2. The fourth-order valence-electron chi connectivity index (χ4n) is 2.31. The summed E-state index contributed by atoms with van der Waals surface area (Å²) in [6.45, 7) is 7.32. The quantitative estimate of drug-likeness (QED) is 0.686. The number of amides is 1. The number of hydrogen-bond acceptors (Lipinski definition) is 3. The first-order chi connectivity index (χ1) is 11.5. The Hall–Kier alpha value is -1.94. The van der Waals surface area contributed by atoms with E-state index >= 15 is 0 Å². The molecule has 0 saturated carbocycles. The zero-order chi connectivity index (χ0) is 17.5. The molecule has 2 aromatic carbocycles. The van der Waals surface area contributed by atoms with E-state index < -0.39 is 0 Å². The predicted octanol–water partition coefficient (Wildman–Crippen LogP) is 4.65. The lowest BCUT2D eigenvalue weighted by Gasteiger charge is -2.19. The zero-order valence-corrected chi connectivity index (χ0v) is 15.6. The minimum Gasteiger partial charge on any atom is -0.492 e. The Morgan fingerprint density at radius 1 is 1.17 bits per heavy atom. The van der Waals surface area contributed by atoms with Crippen LogP contribution < -0.4 is 4.74 Å². The second-order valence-corrected chi connectivity index (χ2v) is 7.67. The van der Waals surface area contributed by atoms with Crippen LogP contribution in [0.15, 0.2) is 53.4 Å². The van der Waals surface area contributed by atoms with Gasteiger partial charge >= 0.3 is 0 Å². The first kappa shape index (κ1) is 18.4. The number of likely N-dealkylation sites (N-methyl/N-ethyl adjacent to an activating group) is 1. The van der Waals surface area contributed by atoms with Gasteiger partial charge < -0.3 is 9.64 Å². The predicted molar refractivity (Wildman–Crippen MR) is 101 cm³/mol. The summed E-state index contributed by atoms with van der Waals surface area (Å²) in [7, 11) is 1.82. The second kappa shape index (κ2) is 8.78. The van der Waals surface area contributed by atoms with E-state index in [0.717, 1.165) is 21.8 Å². The number of thioether (sulfide) groups is 1. The number of carbonyl (C=O) groups is 1. The van der Waals surface area contributed by atoms with Crippen LogP contribution in [0.1, 0.15) is 29.8 Å². The van der Waals surface area contributed by atoms with Gasteiger partial charge in [0.1, 0.15) is 12.4 Å². The molecule has 0 aliphatic heterocycles. The molecule has 0 bridgehead atoms. The first-order valence-electron chi connectivity index (χ1n) is 8.18. The Morgan fingerprint density at radius 3 is 2.62 bits per heavy atom. The summed E-state index contributed by atoms with van der Waals surface area (Å²) in [6, 6.07) is 15.7. The monoisotopic (exact) mass is 343 g/mol. The molecule has 0 unspecified atom stereocenters. The van der Waals surface area contributed by atoms with Crippen LogP contribution in [0.5, 0.6) is 5.75 Å². The lowest BCUT2D eigenvalue weighted by molar-refractivity contribution is 0.0770. The minimum absolute atomic E-state index is 0.0339. The molecule has 2 rings (SSSR count). The van der Waals surface area contributed by atoms with Gasteiger partial charge in [0.05, 0.1) is 12.1 Å². The van der Waals surface area contributed by atoms with Gasteiger partial charge in [0, 0.05) is 17.2 Å². The van der Waals surface area contributed by atoms with Crippen LogP contribution in [0.2, 0.25) is 0 Å². The highest BCUT2D eigenvalue weighted by molar-refractivity contribution is 8.00. The molecule has 0 N–H and O–H groups in total. The highest BCUT2D eigenvalue weighted by Crippen LogP contribution is 2.27. The van der Waals surface area contributed by atoms with Crippen molar-refractivity contribution >= 4 is 17.7 Å². The molecule has 128 valence electrons. The summed E-state index contributed by atoms with van der Waals surface area (Å²) in [5.41, 5.74) is 1.92. The van der Waals surface area contributed by atoms with Crippen molar-refractivity contribution in [1.29, 1.82) is 0 Å². The molecule has 4 heteroatoms. The standard InChI is InChI=1S/C20H25NO2S/c1-15(2)24-19-11-6-5-10-18(19)20(22)21(4)12-13-23-17-9-7-8-16(3)14-17/h5-11,14-15H,12-13H2,1-4H3. The molecule has 2 aromatic rings. The molecule has 0 saturated heterocycles. The topological polar surface area (TPSA) is 29.5 Å². The molecular formula is C20H25NO2S. The van der Waals surface area contributed by atoms with Gasteiger partial charge in [-0.25, -0.2) is 0 Å². The lowest BCUT2D eigenvalue weighted by atomic mass is 10.2. The van der Waals surface area contributed by atoms with Crippen LogP contribution in [0.4, 0.5) is 0 Å². The smallest absolute Gasteiger partial charge is 0.254 e. The number of carbonyl (C=O) groups excluding carboxylic acids is 1. The number of aryl methyl sites for hydroxylation is 1. The van der Waals surface area contributed by atoms with Crippen molar-refractivity contribution in [1.82, 2.24) is 4.90 Å². The maximum absolute atomic E-state index is 12.7.